The molecule has 0 aromatic carbocycles. The van der Waals surface area contributed by atoms with Crippen LogP contribution in [0.3, 0.4) is 0 Å². The monoisotopic (exact) mass is 112 g/mol. The molecule has 8 heavy (non-hydrogen) atoms. The van der Waals surface area contributed by atoms with Gasteiger partial charge < -0.3 is 5.73 Å². The van der Waals surface area contributed by atoms with Crippen LogP contribution < -0.4 is 5.73 Å². The highest BCUT2D eigenvalue weighted by molar-refractivity contribution is 5.66. The topological polar surface area (TPSA) is 38.4 Å². The van der Waals surface area contributed by atoms with Crippen molar-refractivity contribution < 1.29 is 0 Å². The largest absolute Gasteiger partial charge is 0.330 e. The Balaban J connectivity index is 2.32. The molecule has 2 N–H and O–H groups in total. The Hall–Kier alpha value is -0.370. The molecule has 0 aromatic rings. The van der Waals surface area contributed by atoms with Gasteiger partial charge in [-0.2, -0.15) is 0 Å². The Kier molecular flexibility index (Phi) is 1.34. The van der Waals surface area contributed by atoms with Gasteiger partial charge in [-0.3, -0.25) is 4.99 Å². The summed E-state index contributed by atoms with van der Waals surface area (Å²) in [5.41, 5.74) is 5.57. The molecular weight excluding hydrogens is 100 g/mol. The van der Waals surface area contributed by atoms with E-state index in [9.17, 15) is 0 Å². The lowest BCUT2D eigenvalue weighted by atomic mass is 9.91. The van der Waals surface area contributed by atoms with E-state index in [0.29, 0.717) is 0 Å². The van der Waals surface area contributed by atoms with E-state index in [2.05, 4.69) is 11.9 Å². The second kappa shape index (κ2) is 1.86. The zero-order valence-electron chi connectivity index (χ0n) is 5.22. The minimum atomic E-state index is 0.217. The highest BCUT2D eigenvalue weighted by Crippen LogP contribution is 2.24. The smallest absolute Gasteiger partial charge is 0.0637 e. The van der Waals surface area contributed by atoms with E-state index < -0.39 is 0 Å². The van der Waals surface area contributed by atoms with Gasteiger partial charge in [0.25, 0.3) is 0 Å². The van der Waals surface area contributed by atoms with Crippen LogP contribution in [0, 0.1) is 0 Å². The third-order valence-electron chi connectivity index (χ3n) is 1.62. The van der Waals surface area contributed by atoms with Gasteiger partial charge in [-0.25, -0.2) is 0 Å². The van der Waals surface area contributed by atoms with E-state index in [0.717, 1.165) is 19.4 Å². The van der Waals surface area contributed by atoms with Crippen LogP contribution in [0.1, 0.15) is 19.8 Å². The molecule has 1 aliphatic rings. The third kappa shape index (κ3) is 0.892. The highest BCUT2D eigenvalue weighted by atomic mass is 14.9. The van der Waals surface area contributed by atoms with Crippen molar-refractivity contribution in [1.82, 2.24) is 0 Å². The maximum atomic E-state index is 5.35. The van der Waals surface area contributed by atoms with Gasteiger partial charge in [0.1, 0.15) is 0 Å². The van der Waals surface area contributed by atoms with E-state index in [-0.39, 0.29) is 5.54 Å². The molecule has 0 radical (unpaired) electrons. The van der Waals surface area contributed by atoms with Crippen molar-refractivity contribution in [2.24, 2.45) is 10.7 Å². The Morgan fingerprint density at radius 2 is 2.50 bits per heavy atom. The predicted octanol–water partition coefficient (Wildman–Crippen LogP) is 0.568. The number of nitrogens with two attached hydrogens (primary N) is 1. The van der Waals surface area contributed by atoms with Crippen LogP contribution in [0.2, 0.25) is 0 Å². The quantitative estimate of drug-likeness (QED) is 0.557. The maximum absolute atomic E-state index is 5.35. The predicted molar refractivity (Wildman–Crippen MR) is 35.2 cm³/mol. The van der Waals surface area contributed by atoms with Crippen molar-refractivity contribution in [2.75, 3.05) is 6.54 Å². The Labute approximate surface area is 49.8 Å². The summed E-state index contributed by atoms with van der Waals surface area (Å²) in [7, 11) is 0. The molecule has 0 bridgehead atoms. The van der Waals surface area contributed by atoms with Crippen molar-refractivity contribution in [3.63, 3.8) is 0 Å². The standard InChI is InChI=1S/C6H12N2/c1-6(2-4-7)3-5-8-6/h5H,2-4,7H2,1H3. The van der Waals surface area contributed by atoms with E-state index >= 15 is 0 Å². The summed E-state index contributed by atoms with van der Waals surface area (Å²) in [5.74, 6) is 0. The molecular formula is C6H12N2. The zero-order valence-corrected chi connectivity index (χ0v) is 5.22. The molecule has 46 valence electrons. The number of rotatable bonds is 2. The number of nitrogens with zero attached hydrogens (tertiary/aromatic N) is 1. The summed E-state index contributed by atoms with van der Waals surface area (Å²) in [6.07, 6.45) is 4.10. The normalized spacial score (nSPS) is 34.8. The molecule has 2 nitrogen and oxygen atoms in total. The van der Waals surface area contributed by atoms with Crippen molar-refractivity contribution in [2.45, 2.75) is 25.3 Å². The molecule has 1 rings (SSSR count). The molecule has 1 heterocycles. The van der Waals surface area contributed by atoms with Crippen LogP contribution in [-0.4, -0.2) is 18.3 Å². The average Bonchev–Trinajstić information content (AvgIpc) is 1.64. The van der Waals surface area contributed by atoms with Crippen molar-refractivity contribution in [3.8, 4) is 0 Å². The molecule has 1 atom stereocenters. The average molecular weight is 112 g/mol. The van der Waals surface area contributed by atoms with Gasteiger partial charge in [-0.05, 0) is 19.9 Å². The van der Waals surface area contributed by atoms with Gasteiger partial charge in [0.15, 0.2) is 0 Å². The molecule has 0 aliphatic carbocycles. The van der Waals surface area contributed by atoms with E-state index in [1.165, 1.54) is 0 Å². The molecule has 0 fully saturated rings. The fourth-order valence-electron chi connectivity index (χ4n) is 0.881. The van der Waals surface area contributed by atoms with E-state index in [4.69, 9.17) is 5.73 Å². The lowest BCUT2D eigenvalue weighted by Crippen LogP contribution is -2.32. The lowest BCUT2D eigenvalue weighted by Gasteiger charge is -2.29. The second-order valence-electron chi connectivity index (χ2n) is 2.55. The number of hydrogen-bond donors (Lipinski definition) is 1. The summed E-state index contributed by atoms with van der Waals surface area (Å²) in [6.45, 7) is 2.90. The number of hydrogen-bond acceptors (Lipinski definition) is 2. The zero-order chi connectivity index (χ0) is 6.04. The van der Waals surface area contributed by atoms with Crippen LogP contribution in [0.25, 0.3) is 0 Å². The Morgan fingerprint density at radius 3 is 2.62 bits per heavy atom. The van der Waals surface area contributed by atoms with Gasteiger partial charge in [-0.15, -0.1) is 0 Å². The summed E-state index contributed by atoms with van der Waals surface area (Å²) in [6, 6.07) is 0. The molecule has 0 saturated heterocycles. The van der Waals surface area contributed by atoms with E-state index in [1.807, 2.05) is 6.21 Å². The van der Waals surface area contributed by atoms with Crippen LogP contribution in [0.15, 0.2) is 4.99 Å². The SMILES string of the molecule is CC1(CCN)CC=N1. The molecule has 1 aliphatic heterocycles. The first-order chi connectivity index (χ1) is 3.77. The lowest BCUT2D eigenvalue weighted by molar-refractivity contribution is 0.428. The van der Waals surface area contributed by atoms with Crippen LogP contribution in [0.5, 0.6) is 0 Å². The van der Waals surface area contributed by atoms with Gasteiger partial charge in [0.2, 0.25) is 0 Å². The first-order valence-corrected chi connectivity index (χ1v) is 3.01. The van der Waals surface area contributed by atoms with Gasteiger partial charge in [0, 0.05) is 12.6 Å². The first kappa shape index (κ1) is 5.76. The summed E-state index contributed by atoms with van der Waals surface area (Å²) in [4.78, 5) is 4.19. The molecule has 2 heteroatoms. The first-order valence-electron chi connectivity index (χ1n) is 3.01. The second-order valence-corrected chi connectivity index (χ2v) is 2.55. The van der Waals surface area contributed by atoms with Crippen LogP contribution in [-0.2, 0) is 0 Å². The fourth-order valence-corrected chi connectivity index (χ4v) is 0.881. The Morgan fingerprint density at radius 1 is 1.88 bits per heavy atom. The summed E-state index contributed by atoms with van der Waals surface area (Å²) < 4.78 is 0. The highest BCUT2D eigenvalue weighted by Gasteiger charge is 2.25. The molecule has 1 unspecified atom stereocenters. The molecule has 0 spiro atoms. The van der Waals surface area contributed by atoms with Crippen LogP contribution in [0.4, 0.5) is 0 Å². The van der Waals surface area contributed by atoms with Crippen molar-refractivity contribution in [3.05, 3.63) is 0 Å². The molecule has 0 saturated carbocycles. The van der Waals surface area contributed by atoms with Crippen molar-refractivity contribution in [1.29, 1.82) is 0 Å². The van der Waals surface area contributed by atoms with Gasteiger partial charge in [0.05, 0.1) is 5.54 Å². The minimum Gasteiger partial charge on any atom is -0.330 e. The van der Waals surface area contributed by atoms with Gasteiger partial charge >= 0.3 is 0 Å². The third-order valence-corrected chi connectivity index (χ3v) is 1.62. The summed E-state index contributed by atoms with van der Waals surface area (Å²) in [5, 5.41) is 0. The molecule has 0 amide bonds. The fraction of sp³-hybridized carbons (Fsp3) is 0.833. The van der Waals surface area contributed by atoms with E-state index in [1.54, 1.807) is 0 Å². The van der Waals surface area contributed by atoms with Crippen molar-refractivity contribution >= 4 is 6.21 Å². The molecule has 0 aromatic heterocycles. The van der Waals surface area contributed by atoms with Crippen LogP contribution >= 0.6 is 0 Å². The van der Waals surface area contributed by atoms with Gasteiger partial charge in [-0.1, -0.05) is 0 Å². The Bertz CT molecular complexity index is 109. The maximum Gasteiger partial charge on any atom is 0.0637 e. The number of aliphatic imine (C=N–C) groups is 1. The summed E-state index contributed by atoms with van der Waals surface area (Å²) >= 11 is 0. The minimum absolute atomic E-state index is 0.217.